The minimum absolute atomic E-state index is 0.797. The summed E-state index contributed by atoms with van der Waals surface area (Å²) in [6.07, 6.45) is 6.07. The molecule has 0 radical (unpaired) electrons. The molecule has 16 heavy (non-hydrogen) atoms. The molecule has 4 aliphatic rings. The third-order valence-corrected chi connectivity index (χ3v) is 6.55. The van der Waals surface area contributed by atoms with E-state index in [2.05, 4.69) is 34.1 Å². The fourth-order valence-electron chi connectivity index (χ4n) is 5.38. The topological polar surface area (TPSA) is 0 Å². The van der Waals surface area contributed by atoms with Gasteiger partial charge in [-0.1, -0.05) is 22.0 Å². The van der Waals surface area contributed by atoms with E-state index in [0.29, 0.717) is 0 Å². The summed E-state index contributed by atoms with van der Waals surface area (Å²) in [5.74, 6) is 4.05. The van der Waals surface area contributed by atoms with E-state index >= 15 is 0 Å². The molecular weight excluding hydrogens is 260 g/mol. The maximum atomic E-state index is 3.65. The van der Waals surface area contributed by atoms with Crippen molar-refractivity contribution in [3.8, 4) is 0 Å². The molecule has 5 rings (SSSR count). The van der Waals surface area contributed by atoms with Crippen molar-refractivity contribution in [1.29, 1.82) is 0 Å². The van der Waals surface area contributed by atoms with Gasteiger partial charge in [-0.05, 0) is 78.0 Å². The fraction of sp³-hybridized carbons (Fsp3) is 0.600. The Balaban J connectivity index is 1.78. The minimum Gasteiger partial charge on any atom is -0.0574 e. The normalized spacial score (nSPS) is 50.1. The van der Waals surface area contributed by atoms with Gasteiger partial charge >= 0.3 is 0 Å². The van der Waals surface area contributed by atoms with E-state index in [0.717, 1.165) is 29.1 Å². The second kappa shape index (κ2) is 2.43. The zero-order valence-corrected chi connectivity index (χ0v) is 10.8. The molecular formula is C15H15Br. The van der Waals surface area contributed by atoms with Crippen molar-refractivity contribution in [2.45, 2.75) is 37.5 Å². The average molecular weight is 275 g/mol. The Labute approximate surface area is 105 Å². The first-order chi connectivity index (χ1) is 7.78. The summed E-state index contributed by atoms with van der Waals surface area (Å²) in [7, 11) is 0. The lowest BCUT2D eigenvalue weighted by atomic mass is 9.62. The van der Waals surface area contributed by atoms with Crippen molar-refractivity contribution >= 4 is 15.9 Å². The molecule has 1 heteroatoms. The Kier molecular flexibility index (Phi) is 1.33. The Morgan fingerprint density at radius 1 is 1.12 bits per heavy atom. The highest BCUT2D eigenvalue weighted by molar-refractivity contribution is 9.10. The molecule has 3 fully saturated rings. The van der Waals surface area contributed by atoms with Gasteiger partial charge in [0.05, 0.1) is 0 Å². The highest BCUT2D eigenvalue weighted by atomic mass is 79.9. The van der Waals surface area contributed by atoms with Crippen molar-refractivity contribution in [3.63, 3.8) is 0 Å². The van der Waals surface area contributed by atoms with Crippen molar-refractivity contribution < 1.29 is 0 Å². The zero-order chi connectivity index (χ0) is 10.5. The van der Waals surface area contributed by atoms with Gasteiger partial charge in [0.25, 0.3) is 0 Å². The van der Waals surface area contributed by atoms with Crippen molar-refractivity contribution in [2.24, 2.45) is 17.3 Å². The van der Waals surface area contributed by atoms with E-state index in [-0.39, 0.29) is 0 Å². The molecule has 0 amide bonds. The minimum atomic E-state index is 0.797. The number of benzene rings is 1. The first-order valence-electron chi connectivity index (χ1n) is 6.57. The van der Waals surface area contributed by atoms with Crippen LogP contribution in [0.25, 0.3) is 0 Å². The Morgan fingerprint density at radius 2 is 2.06 bits per heavy atom. The molecule has 0 aliphatic heterocycles. The van der Waals surface area contributed by atoms with Gasteiger partial charge < -0.3 is 0 Å². The smallest absolute Gasteiger partial charge is 0.0178 e. The van der Waals surface area contributed by atoms with Crippen LogP contribution in [0.5, 0.6) is 0 Å². The summed E-state index contributed by atoms with van der Waals surface area (Å²) in [6, 6.07) is 7.07. The lowest BCUT2D eigenvalue weighted by Gasteiger charge is -2.43. The lowest BCUT2D eigenvalue weighted by molar-refractivity contribution is 0.0724. The van der Waals surface area contributed by atoms with Crippen LogP contribution in [0.1, 0.15) is 48.6 Å². The number of hydrogen-bond donors (Lipinski definition) is 0. The van der Waals surface area contributed by atoms with Crippen LogP contribution in [0, 0.1) is 17.3 Å². The highest BCUT2D eigenvalue weighted by Gasteiger charge is 2.71. The van der Waals surface area contributed by atoms with Crippen LogP contribution in [0.3, 0.4) is 0 Å². The molecule has 0 nitrogen and oxygen atoms in total. The van der Waals surface area contributed by atoms with E-state index in [1.807, 2.05) is 0 Å². The third-order valence-electron chi connectivity index (χ3n) is 6.06. The number of fused-ring (bicyclic) bond motifs is 4. The van der Waals surface area contributed by atoms with Gasteiger partial charge in [0.1, 0.15) is 0 Å². The second-order valence-electron chi connectivity index (χ2n) is 6.50. The third kappa shape index (κ3) is 0.796. The fourth-order valence-corrected chi connectivity index (χ4v) is 5.76. The SMILES string of the molecule is Brc1ccc2c(c1)C1CC13CC1CC2CC13. The monoisotopic (exact) mass is 274 g/mol. The van der Waals surface area contributed by atoms with Crippen LogP contribution in [-0.4, -0.2) is 0 Å². The largest absolute Gasteiger partial charge is 0.0574 e. The van der Waals surface area contributed by atoms with Crippen molar-refractivity contribution in [1.82, 2.24) is 0 Å². The Hall–Kier alpha value is -0.300. The molecule has 2 bridgehead atoms. The second-order valence-corrected chi connectivity index (χ2v) is 7.42. The summed E-state index contributed by atoms with van der Waals surface area (Å²) in [5, 5.41) is 0. The summed E-state index contributed by atoms with van der Waals surface area (Å²) >= 11 is 3.65. The van der Waals surface area contributed by atoms with Gasteiger partial charge in [-0.3, -0.25) is 0 Å². The molecule has 82 valence electrons. The zero-order valence-electron chi connectivity index (χ0n) is 9.25. The van der Waals surface area contributed by atoms with E-state index in [1.165, 1.54) is 23.7 Å². The van der Waals surface area contributed by atoms with E-state index < -0.39 is 0 Å². The first kappa shape index (κ1) is 8.74. The first-order valence-corrected chi connectivity index (χ1v) is 7.36. The molecule has 1 spiro atoms. The summed E-state index contributed by atoms with van der Waals surface area (Å²) in [4.78, 5) is 0. The van der Waals surface area contributed by atoms with Crippen LogP contribution in [0.4, 0.5) is 0 Å². The Bertz CT molecular complexity index is 506. The molecule has 0 heterocycles. The van der Waals surface area contributed by atoms with Gasteiger partial charge in [-0.15, -0.1) is 0 Å². The molecule has 0 aromatic heterocycles. The van der Waals surface area contributed by atoms with Crippen LogP contribution < -0.4 is 0 Å². The standard InChI is InChI=1S/C15H15Br/c16-10-1-2-11-8-3-9-6-15(13(9)4-8)7-14(15)12(11)5-10/h1-2,5,8-9,13-14H,3-4,6-7H2. The summed E-state index contributed by atoms with van der Waals surface area (Å²) in [5.41, 5.74) is 4.21. The molecule has 0 N–H and O–H groups in total. The predicted octanol–water partition coefficient (Wildman–Crippen LogP) is 4.45. The van der Waals surface area contributed by atoms with Gasteiger partial charge in [0.2, 0.25) is 0 Å². The van der Waals surface area contributed by atoms with Gasteiger partial charge in [0.15, 0.2) is 0 Å². The van der Waals surface area contributed by atoms with Crippen LogP contribution in [0.2, 0.25) is 0 Å². The molecule has 1 aromatic carbocycles. The molecule has 0 saturated heterocycles. The van der Waals surface area contributed by atoms with E-state index in [1.54, 1.807) is 17.5 Å². The van der Waals surface area contributed by atoms with Gasteiger partial charge in [-0.25, -0.2) is 0 Å². The number of hydrogen-bond acceptors (Lipinski definition) is 0. The molecule has 3 saturated carbocycles. The lowest BCUT2D eigenvalue weighted by Crippen LogP contribution is -2.35. The van der Waals surface area contributed by atoms with Crippen LogP contribution in [0.15, 0.2) is 22.7 Å². The van der Waals surface area contributed by atoms with Crippen LogP contribution in [-0.2, 0) is 0 Å². The van der Waals surface area contributed by atoms with Crippen molar-refractivity contribution in [3.05, 3.63) is 33.8 Å². The maximum Gasteiger partial charge on any atom is 0.0178 e. The molecule has 5 atom stereocenters. The number of rotatable bonds is 0. The van der Waals surface area contributed by atoms with Gasteiger partial charge in [0, 0.05) is 4.47 Å². The van der Waals surface area contributed by atoms with Crippen LogP contribution >= 0.6 is 15.9 Å². The molecule has 1 aromatic rings. The average Bonchev–Trinajstić information content (AvgIpc) is 2.90. The summed E-state index contributed by atoms with van der Waals surface area (Å²) < 4.78 is 1.28. The number of halogens is 1. The van der Waals surface area contributed by atoms with E-state index in [4.69, 9.17) is 0 Å². The van der Waals surface area contributed by atoms with Crippen molar-refractivity contribution in [2.75, 3.05) is 0 Å². The molecule has 4 aliphatic carbocycles. The van der Waals surface area contributed by atoms with E-state index in [9.17, 15) is 0 Å². The highest BCUT2D eigenvalue weighted by Crippen LogP contribution is 2.81. The Morgan fingerprint density at radius 3 is 3.00 bits per heavy atom. The quantitative estimate of drug-likeness (QED) is 0.656. The molecule has 5 unspecified atom stereocenters. The maximum absolute atomic E-state index is 3.65. The predicted molar refractivity (Wildman–Crippen MR) is 67.5 cm³/mol. The summed E-state index contributed by atoms with van der Waals surface area (Å²) in [6.45, 7) is 0. The van der Waals surface area contributed by atoms with Gasteiger partial charge in [-0.2, -0.15) is 0 Å².